The van der Waals surface area contributed by atoms with Gasteiger partial charge in [0.1, 0.15) is 0 Å². The number of halogens is 1. The summed E-state index contributed by atoms with van der Waals surface area (Å²) in [6.45, 7) is 4.38. The summed E-state index contributed by atoms with van der Waals surface area (Å²) in [5, 5.41) is 16.4. The number of aryl methyl sites for hydroxylation is 1. The van der Waals surface area contributed by atoms with Crippen LogP contribution in [0.4, 0.5) is 5.69 Å². The summed E-state index contributed by atoms with van der Waals surface area (Å²) in [6.07, 6.45) is 2.07. The lowest BCUT2D eigenvalue weighted by atomic mass is 10.0. The molecule has 5 nitrogen and oxygen atoms in total. The van der Waals surface area contributed by atoms with Crippen molar-refractivity contribution in [2.24, 2.45) is 4.99 Å². The fraction of sp³-hybridized carbons (Fsp3) is 0.435. The second-order valence-corrected chi connectivity index (χ2v) is 7.10. The first kappa shape index (κ1) is 25.2. The van der Waals surface area contributed by atoms with Crippen LogP contribution in [0.15, 0.2) is 59.6 Å². The van der Waals surface area contributed by atoms with E-state index in [0.29, 0.717) is 6.54 Å². The Hall–Kier alpha value is -1.80. The normalized spacial score (nSPS) is 12.1. The number of guanidine groups is 1. The molecule has 0 bridgehead atoms. The molecule has 0 amide bonds. The van der Waals surface area contributed by atoms with E-state index in [1.54, 1.807) is 0 Å². The predicted molar refractivity (Wildman–Crippen MR) is 135 cm³/mol. The van der Waals surface area contributed by atoms with Crippen molar-refractivity contribution in [3.8, 4) is 0 Å². The molecule has 0 saturated heterocycles. The van der Waals surface area contributed by atoms with E-state index < -0.39 is 0 Å². The summed E-state index contributed by atoms with van der Waals surface area (Å²) in [5.41, 5.74) is 3.69. The van der Waals surface area contributed by atoms with Gasteiger partial charge < -0.3 is 20.6 Å². The van der Waals surface area contributed by atoms with E-state index in [-0.39, 0.29) is 36.5 Å². The first-order valence-corrected chi connectivity index (χ1v) is 10.1. The van der Waals surface area contributed by atoms with Crippen LogP contribution < -0.4 is 15.5 Å². The van der Waals surface area contributed by atoms with E-state index in [2.05, 4.69) is 65.8 Å². The highest BCUT2D eigenvalue weighted by molar-refractivity contribution is 14.0. The zero-order chi connectivity index (χ0) is 20.2. The molecule has 0 aliphatic rings. The molecule has 0 radical (unpaired) electrons. The molecule has 0 aliphatic carbocycles. The summed E-state index contributed by atoms with van der Waals surface area (Å²) in [6, 6.07) is 18.8. The van der Waals surface area contributed by atoms with Gasteiger partial charge in [-0.25, -0.2) is 0 Å². The van der Waals surface area contributed by atoms with Gasteiger partial charge >= 0.3 is 0 Å². The zero-order valence-electron chi connectivity index (χ0n) is 17.8. The maximum absolute atomic E-state index is 9.70. The first-order valence-electron chi connectivity index (χ1n) is 10.1. The molecule has 0 aromatic heterocycles. The number of benzene rings is 2. The second-order valence-electron chi connectivity index (χ2n) is 7.10. The van der Waals surface area contributed by atoms with Crippen LogP contribution in [0.1, 0.15) is 30.4 Å². The average molecular weight is 510 g/mol. The molecule has 1 atom stereocenters. The Morgan fingerprint density at radius 1 is 1.03 bits per heavy atom. The number of aliphatic imine (C=N–C) groups is 1. The fourth-order valence-corrected chi connectivity index (χ4v) is 3.00. The van der Waals surface area contributed by atoms with Gasteiger partial charge in [-0.2, -0.15) is 0 Å². The molecular formula is C23H35IN4O. The van der Waals surface area contributed by atoms with Crippen LogP contribution in [0.25, 0.3) is 0 Å². The van der Waals surface area contributed by atoms with Gasteiger partial charge in [0.2, 0.25) is 0 Å². The molecule has 0 heterocycles. The van der Waals surface area contributed by atoms with Gasteiger partial charge in [-0.15, -0.1) is 24.0 Å². The molecule has 2 aromatic carbocycles. The maximum Gasteiger partial charge on any atom is 0.191 e. The summed E-state index contributed by atoms with van der Waals surface area (Å²) in [4.78, 5) is 6.78. The Labute approximate surface area is 192 Å². The minimum atomic E-state index is 0. The number of hydrogen-bond donors (Lipinski definition) is 3. The SMILES string of the molecule is CCNC(=NCC(CO)c1ccccc1)NCCCc1ccc(N(C)C)cc1.I. The lowest BCUT2D eigenvalue weighted by molar-refractivity contribution is 0.268. The maximum atomic E-state index is 9.70. The van der Waals surface area contributed by atoms with Crippen LogP contribution in [-0.2, 0) is 6.42 Å². The largest absolute Gasteiger partial charge is 0.396 e. The Morgan fingerprint density at radius 2 is 1.72 bits per heavy atom. The smallest absolute Gasteiger partial charge is 0.191 e. The van der Waals surface area contributed by atoms with Crippen molar-refractivity contribution >= 4 is 35.6 Å². The van der Waals surface area contributed by atoms with Crippen LogP contribution in [0.2, 0.25) is 0 Å². The molecule has 6 heteroatoms. The Kier molecular flexibility index (Phi) is 12.4. The molecule has 0 fully saturated rings. The summed E-state index contributed by atoms with van der Waals surface area (Å²) >= 11 is 0. The monoisotopic (exact) mass is 510 g/mol. The third kappa shape index (κ3) is 9.04. The van der Waals surface area contributed by atoms with Gasteiger partial charge in [-0.05, 0) is 43.0 Å². The van der Waals surface area contributed by atoms with Gasteiger partial charge in [-0.3, -0.25) is 4.99 Å². The molecule has 2 aromatic rings. The van der Waals surface area contributed by atoms with Crippen LogP contribution in [0.5, 0.6) is 0 Å². The number of aliphatic hydroxyl groups excluding tert-OH is 1. The van der Waals surface area contributed by atoms with E-state index >= 15 is 0 Å². The van der Waals surface area contributed by atoms with Crippen LogP contribution >= 0.6 is 24.0 Å². The van der Waals surface area contributed by atoms with Crippen molar-refractivity contribution in [1.29, 1.82) is 0 Å². The topological polar surface area (TPSA) is 59.9 Å². The standard InChI is InChI=1S/C23H34N4O.HI/c1-4-24-23(26-17-21(18-28)20-10-6-5-7-11-20)25-16-8-9-19-12-14-22(15-13-19)27(2)3;/h5-7,10-15,21,28H,4,8-9,16-18H2,1-3H3,(H2,24,25,26);1H. The lowest BCUT2D eigenvalue weighted by Gasteiger charge is -2.15. The molecular weight excluding hydrogens is 475 g/mol. The van der Waals surface area contributed by atoms with Gasteiger partial charge in [0.05, 0.1) is 13.2 Å². The number of nitrogens with one attached hydrogen (secondary N) is 2. The van der Waals surface area contributed by atoms with Gasteiger partial charge in [0.25, 0.3) is 0 Å². The molecule has 3 N–H and O–H groups in total. The Balaban J connectivity index is 0.00000420. The summed E-state index contributed by atoms with van der Waals surface area (Å²) in [7, 11) is 4.11. The highest BCUT2D eigenvalue weighted by Crippen LogP contribution is 2.15. The van der Waals surface area contributed by atoms with Crippen LogP contribution in [0, 0.1) is 0 Å². The van der Waals surface area contributed by atoms with Crippen LogP contribution in [0.3, 0.4) is 0 Å². The minimum absolute atomic E-state index is 0. The van der Waals surface area contributed by atoms with Crippen LogP contribution in [-0.4, -0.2) is 51.4 Å². The van der Waals surface area contributed by atoms with Crippen molar-refractivity contribution in [1.82, 2.24) is 10.6 Å². The number of anilines is 1. The van der Waals surface area contributed by atoms with E-state index in [1.165, 1.54) is 11.3 Å². The van der Waals surface area contributed by atoms with E-state index in [4.69, 9.17) is 0 Å². The van der Waals surface area contributed by atoms with Gasteiger partial charge in [0.15, 0.2) is 5.96 Å². The lowest BCUT2D eigenvalue weighted by Crippen LogP contribution is -2.38. The molecule has 0 saturated carbocycles. The molecule has 1 unspecified atom stereocenters. The molecule has 0 aliphatic heterocycles. The summed E-state index contributed by atoms with van der Waals surface area (Å²) in [5.74, 6) is 0.826. The van der Waals surface area contributed by atoms with Crippen molar-refractivity contribution < 1.29 is 5.11 Å². The van der Waals surface area contributed by atoms with Crippen molar-refractivity contribution in [3.05, 3.63) is 65.7 Å². The Morgan fingerprint density at radius 3 is 2.31 bits per heavy atom. The second kappa shape index (κ2) is 14.2. The van der Waals surface area contributed by atoms with Gasteiger partial charge in [0, 0.05) is 38.8 Å². The molecule has 160 valence electrons. The van der Waals surface area contributed by atoms with E-state index in [9.17, 15) is 5.11 Å². The van der Waals surface area contributed by atoms with Crippen molar-refractivity contribution in [3.63, 3.8) is 0 Å². The first-order chi connectivity index (χ1) is 13.6. The fourth-order valence-electron chi connectivity index (χ4n) is 3.00. The average Bonchev–Trinajstić information content (AvgIpc) is 2.72. The number of aliphatic hydroxyl groups is 1. The molecule has 2 rings (SSSR count). The van der Waals surface area contributed by atoms with E-state index in [1.807, 2.05) is 30.3 Å². The zero-order valence-corrected chi connectivity index (χ0v) is 20.1. The molecule has 29 heavy (non-hydrogen) atoms. The van der Waals surface area contributed by atoms with Crippen molar-refractivity contribution in [2.45, 2.75) is 25.7 Å². The third-order valence-corrected chi connectivity index (χ3v) is 4.69. The third-order valence-electron chi connectivity index (χ3n) is 4.69. The summed E-state index contributed by atoms with van der Waals surface area (Å²) < 4.78 is 0. The number of rotatable bonds is 10. The Bertz CT molecular complexity index is 705. The highest BCUT2D eigenvalue weighted by Gasteiger charge is 2.09. The minimum Gasteiger partial charge on any atom is -0.396 e. The predicted octanol–water partition coefficient (Wildman–Crippen LogP) is 3.63. The van der Waals surface area contributed by atoms with Crippen molar-refractivity contribution in [2.75, 3.05) is 45.2 Å². The quantitative estimate of drug-likeness (QED) is 0.198. The highest BCUT2D eigenvalue weighted by atomic mass is 127. The number of nitrogens with zero attached hydrogens (tertiary/aromatic N) is 2. The molecule has 0 spiro atoms. The number of hydrogen-bond acceptors (Lipinski definition) is 3. The van der Waals surface area contributed by atoms with Gasteiger partial charge in [-0.1, -0.05) is 42.5 Å². The van der Waals surface area contributed by atoms with E-state index in [0.717, 1.165) is 37.5 Å².